The van der Waals surface area contributed by atoms with E-state index < -0.39 is 0 Å². The topological polar surface area (TPSA) is 78.3 Å². The zero-order valence-corrected chi connectivity index (χ0v) is 16.9. The van der Waals surface area contributed by atoms with Gasteiger partial charge in [0, 0.05) is 38.6 Å². The number of rotatable bonds is 4. The molecule has 0 atom stereocenters. The monoisotopic (exact) mass is 400 g/mol. The van der Waals surface area contributed by atoms with Crippen molar-refractivity contribution in [2.45, 2.75) is 20.4 Å². The van der Waals surface area contributed by atoms with Crippen molar-refractivity contribution in [3.63, 3.8) is 0 Å². The highest BCUT2D eigenvalue weighted by atomic mass is 35.5. The Balaban J connectivity index is 1.81. The van der Waals surface area contributed by atoms with Gasteiger partial charge in [0.15, 0.2) is 11.2 Å². The first-order chi connectivity index (χ1) is 13.3. The molecule has 9 heteroatoms. The highest BCUT2D eigenvalue weighted by Gasteiger charge is 2.21. The third kappa shape index (κ3) is 2.56. The second-order valence-electron chi connectivity index (χ2n) is 6.85. The molecule has 0 amide bonds. The van der Waals surface area contributed by atoms with Gasteiger partial charge in [-0.05, 0) is 26.0 Å². The molecule has 0 aliphatic rings. The molecule has 1 N–H and O–H groups in total. The Bertz CT molecular complexity index is 1340. The van der Waals surface area contributed by atoms with Crippen LogP contribution >= 0.6 is 11.6 Å². The second kappa shape index (κ2) is 6.56. The zero-order chi connectivity index (χ0) is 20.2. The first-order valence-electron chi connectivity index (χ1n) is 8.95. The summed E-state index contributed by atoms with van der Waals surface area (Å²) in [7, 11) is 3.11. The predicted molar refractivity (Wildman–Crippen MR) is 111 cm³/mol. The number of hydrogen-bond acceptors (Lipinski definition) is 4. The number of aromatic nitrogens is 5. The maximum absolute atomic E-state index is 12.7. The Morgan fingerprint density at radius 2 is 1.79 bits per heavy atom. The molecule has 0 saturated heterocycles. The number of para-hydroxylation sites is 1. The van der Waals surface area contributed by atoms with Crippen LogP contribution in [0.25, 0.3) is 16.9 Å². The largest absolute Gasteiger partial charge is 0.382 e. The van der Waals surface area contributed by atoms with Gasteiger partial charge in [0.2, 0.25) is 5.78 Å². The molecule has 0 aliphatic carbocycles. The minimum Gasteiger partial charge on any atom is -0.382 e. The van der Waals surface area contributed by atoms with Gasteiger partial charge in [-0.2, -0.15) is 4.98 Å². The fraction of sp³-hybridized carbons (Fsp3) is 0.316. The number of nitrogens with one attached hydrogen (secondary N) is 1. The van der Waals surface area contributed by atoms with Crippen LogP contribution in [0.4, 0.5) is 5.69 Å². The predicted octanol–water partition coefficient (Wildman–Crippen LogP) is 2.07. The van der Waals surface area contributed by atoms with Gasteiger partial charge in [-0.3, -0.25) is 18.3 Å². The summed E-state index contributed by atoms with van der Waals surface area (Å²) in [5, 5.41) is 3.99. The van der Waals surface area contributed by atoms with Crippen LogP contribution in [0.2, 0.25) is 5.02 Å². The number of nitrogens with zero attached hydrogens (tertiary/aromatic N) is 5. The van der Waals surface area contributed by atoms with Gasteiger partial charge in [0.05, 0.1) is 10.7 Å². The van der Waals surface area contributed by atoms with E-state index in [2.05, 4.69) is 10.3 Å². The molecular weight excluding hydrogens is 380 g/mol. The van der Waals surface area contributed by atoms with E-state index in [-0.39, 0.29) is 11.2 Å². The van der Waals surface area contributed by atoms with Gasteiger partial charge in [0.25, 0.3) is 5.56 Å². The molecule has 3 aromatic heterocycles. The third-order valence-corrected chi connectivity index (χ3v) is 5.60. The van der Waals surface area contributed by atoms with Gasteiger partial charge >= 0.3 is 5.69 Å². The number of benzene rings is 1. The number of halogens is 1. The van der Waals surface area contributed by atoms with Gasteiger partial charge in [0.1, 0.15) is 0 Å². The molecule has 0 aliphatic heterocycles. The van der Waals surface area contributed by atoms with Gasteiger partial charge in [-0.15, -0.1) is 0 Å². The van der Waals surface area contributed by atoms with Gasteiger partial charge < -0.3 is 9.88 Å². The van der Waals surface area contributed by atoms with Crippen molar-refractivity contribution < 1.29 is 0 Å². The maximum atomic E-state index is 12.7. The van der Waals surface area contributed by atoms with E-state index in [0.29, 0.717) is 35.1 Å². The molecule has 4 aromatic rings. The van der Waals surface area contributed by atoms with Crippen LogP contribution in [0.1, 0.15) is 11.4 Å². The van der Waals surface area contributed by atoms with E-state index in [9.17, 15) is 9.59 Å². The summed E-state index contributed by atoms with van der Waals surface area (Å²) in [5.41, 5.74) is 2.87. The van der Waals surface area contributed by atoms with Crippen LogP contribution in [0.5, 0.6) is 0 Å². The van der Waals surface area contributed by atoms with Crippen molar-refractivity contribution >= 4 is 34.2 Å². The SMILES string of the molecule is Cc1c(C)n2c3c(=O)n(C)c(=O)n(C)c3nc2n1CCNc1ccccc1Cl. The summed E-state index contributed by atoms with van der Waals surface area (Å²) < 4.78 is 6.40. The molecule has 0 fully saturated rings. The number of fused-ring (bicyclic) bond motifs is 3. The molecule has 0 bridgehead atoms. The van der Waals surface area contributed by atoms with Crippen LogP contribution in [-0.2, 0) is 20.6 Å². The quantitative estimate of drug-likeness (QED) is 0.568. The molecule has 3 heterocycles. The Morgan fingerprint density at radius 3 is 2.50 bits per heavy atom. The second-order valence-corrected chi connectivity index (χ2v) is 7.26. The Hall–Kier alpha value is -3.00. The smallest absolute Gasteiger partial charge is 0.332 e. The van der Waals surface area contributed by atoms with E-state index in [4.69, 9.17) is 11.6 Å². The summed E-state index contributed by atoms with van der Waals surface area (Å²) >= 11 is 6.20. The molecule has 4 rings (SSSR count). The Kier molecular flexibility index (Phi) is 4.30. The van der Waals surface area contributed by atoms with E-state index in [1.807, 2.05) is 47.1 Å². The maximum Gasteiger partial charge on any atom is 0.332 e. The van der Waals surface area contributed by atoms with Crippen LogP contribution in [0.3, 0.4) is 0 Å². The number of hydrogen-bond donors (Lipinski definition) is 1. The highest BCUT2D eigenvalue weighted by Crippen LogP contribution is 2.22. The average Bonchev–Trinajstić information content (AvgIpc) is 3.17. The summed E-state index contributed by atoms with van der Waals surface area (Å²) in [4.78, 5) is 29.6. The zero-order valence-electron chi connectivity index (χ0n) is 16.2. The fourth-order valence-corrected chi connectivity index (χ4v) is 3.77. The van der Waals surface area contributed by atoms with Crippen LogP contribution in [-0.4, -0.2) is 29.6 Å². The van der Waals surface area contributed by atoms with Crippen molar-refractivity contribution in [2.24, 2.45) is 14.1 Å². The number of aryl methyl sites for hydroxylation is 2. The van der Waals surface area contributed by atoms with E-state index in [1.54, 1.807) is 7.05 Å². The molecular formula is C19H21ClN6O2. The molecule has 0 saturated carbocycles. The normalized spacial score (nSPS) is 11.6. The van der Waals surface area contributed by atoms with Gasteiger partial charge in [-0.25, -0.2) is 4.79 Å². The summed E-state index contributed by atoms with van der Waals surface area (Å²) in [6, 6.07) is 7.58. The van der Waals surface area contributed by atoms with Crippen molar-refractivity contribution in [1.29, 1.82) is 0 Å². The minimum absolute atomic E-state index is 0.347. The molecule has 28 heavy (non-hydrogen) atoms. The van der Waals surface area contributed by atoms with E-state index in [0.717, 1.165) is 21.6 Å². The lowest BCUT2D eigenvalue weighted by molar-refractivity contribution is 0.705. The van der Waals surface area contributed by atoms with Crippen molar-refractivity contribution in [1.82, 2.24) is 23.1 Å². The average molecular weight is 401 g/mol. The standard InChI is InChI=1S/C19H21ClN6O2/c1-11-12(2)26-15-16(23(3)19(28)24(4)17(15)27)22-18(26)25(11)10-9-21-14-8-6-5-7-13(14)20/h5-8,21H,9-10H2,1-4H3. The summed E-state index contributed by atoms with van der Waals surface area (Å²) in [5.74, 6) is 0.643. The molecule has 0 radical (unpaired) electrons. The molecule has 0 unspecified atom stereocenters. The van der Waals surface area contributed by atoms with Gasteiger partial charge in [-0.1, -0.05) is 23.7 Å². The van der Waals surface area contributed by atoms with Crippen LogP contribution in [0, 0.1) is 13.8 Å². The third-order valence-electron chi connectivity index (χ3n) is 5.27. The first-order valence-corrected chi connectivity index (χ1v) is 9.33. The molecule has 1 aromatic carbocycles. The van der Waals surface area contributed by atoms with E-state index in [1.165, 1.54) is 11.6 Å². The van der Waals surface area contributed by atoms with Crippen molar-refractivity contribution in [3.8, 4) is 0 Å². The lowest BCUT2D eigenvalue weighted by atomic mass is 10.3. The lowest BCUT2D eigenvalue weighted by Gasteiger charge is -2.10. The Labute approximate surface area is 165 Å². The first kappa shape index (κ1) is 18.4. The lowest BCUT2D eigenvalue weighted by Crippen LogP contribution is -2.37. The Morgan fingerprint density at radius 1 is 1.07 bits per heavy atom. The minimum atomic E-state index is -0.389. The van der Waals surface area contributed by atoms with Crippen LogP contribution < -0.4 is 16.6 Å². The summed E-state index contributed by atoms with van der Waals surface area (Å²) in [6.07, 6.45) is 0. The molecule has 146 valence electrons. The van der Waals surface area contributed by atoms with Crippen LogP contribution in [0.15, 0.2) is 33.9 Å². The van der Waals surface area contributed by atoms with Crippen molar-refractivity contribution in [3.05, 3.63) is 61.5 Å². The molecule has 0 spiro atoms. The number of imidazole rings is 2. The van der Waals surface area contributed by atoms with E-state index >= 15 is 0 Å². The fourth-order valence-electron chi connectivity index (χ4n) is 3.56. The van der Waals surface area contributed by atoms with Crippen molar-refractivity contribution in [2.75, 3.05) is 11.9 Å². The molecule has 8 nitrogen and oxygen atoms in total. The summed E-state index contributed by atoms with van der Waals surface area (Å²) in [6.45, 7) is 5.21. The highest BCUT2D eigenvalue weighted by molar-refractivity contribution is 6.33. The number of anilines is 1.